The van der Waals surface area contributed by atoms with E-state index in [-0.39, 0.29) is 5.91 Å². The van der Waals surface area contributed by atoms with Gasteiger partial charge in [-0.2, -0.15) is 0 Å². The second-order valence-corrected chi connectivity index (χ2v) is 7.67. The molecule has 0 aliphatic heterocycles. The van der Waals surface area contributed by atoms with Crippen molar-refractivity contribution in [3.8, 4) is 5.75 Å². The second kappa shape index (κ2) is 11.6. The van der Waals surface area contributed by atoms with Gasteiger partial charge in [-0.15, -0.1) is 0 Å². The van der Waals surface area contributed by atoms with E-state index in [0.29, 0.717) is 32.1 Å². The second-order valence-electron chi connectivity index (χ2n) is 7.67. The van der Waals surface area contributed by atoms with Gasteiger partial charge in [0.05, 0.1) is 6.61 Å². The van der Waals surface area contributed by atoms with Crippen LogP contribution in [0.5, 0.6) is 5.75 Å². The highest BCUT2D eigenvalue weighted by Gasteiger charge is 2.20. The third-order valence-electron chi connectivity index (χ3n) is 4.95. The Morgan fingerprint density at radius 2 is 2.03 bits per heavy atom. The van der Waals surface area contributed by atoms with E-state index in [2.05, 4.69) is 24.9 Å². The van der Waals surface area contributed by atoms with E-state index < -0.39 is 0 Å². The van der Waals surface area contributed by atoms with E-state index in [1.165, 1.54) is 19.8 Å². The van der Waals surface area contributed by atoms with Crippen molar-refractivity contribution in [2.75, 3.05) is 26.4 Å². The number of ether oxygens (including phenoxy) is 2. The van der Waals surface area contributed by atoms with Gasteiger partial charge in [-0.25, -0.2) is 0 Å². The predicted molar refractivity (Wildman–Crippen MR) is 119 cm³/mol. The quantitative estimate of drug-likeness (QED) is 0.287. The highest BCUT2D eigenvalue weighted by atomic mass is 16.5. The zero-order valence-electron chi connectivity index (χ0n) is 18.0. The highest BCUT2D eigenvalue weighted by molar-refractivity contribution is 6.10. The summed E-state index contributed by atoms with van der Waals surface area (Å²) in [5, 5.41) is 10.9. The Bertz CT molecular complexity index is 763. The third-order valence-corrected chi connectivity index (χ3v) is 4.95. The molecule has 158 valence electrons. The van der Waals surface area contributed by atoms with Gasteiger partial charge in [0.25, 0.3) is 0 Å². The molecule has 0 saturated heterocycles. The van der Waals surface area contributed by atoms with Crippen molar-refractivity contribution in [1.29, 1.82) is 5.41 Å². The Balaban J connectivity index is 1.86. The van der Waals surface area contributed by atoms with E-state index in [0.717, 1.165) is 46.8 Å². The molecular weight excluding hydrogens is 364 g/mol. The first kappa shape index (κ1) is 22.9. The molecule has 1 aliphatic rings. The summed E-state index contributed by atoms with van der Waals surface area (Å²) in [4.78, 5) is 10.8. The average molecular weight is 399 g/mol. The lowest BCUT2D eigenvalue weighted by atomic mass is 9.92. The van der Waals surface area contributed by atoms with Crippen molar-refractivity contribution in [3.05, 3.63) is 47.6 Å². The minimum atomic E-state index is -0.0196. The third kappa shape index (κ3) is 8.24. The van der Waals surface area contributed by atoms with Crippen LogP contribution in [0.1, 0.15) is 50.7 Å². The van der Waals surface area contributed by atoms with Gasteiger partial charge in [0.1, 0.15) is 12.4 Å². The van der Waals surface area contributed by atoms with Crippen molar-refractivity contribution in [3.63, 3.8) is 0 Å². The van der Waals surface area contributed by atoms with Gasteiger partial charge in [0, 0.05) is 25.8 Å². The van der Waals surface area contributed by atoms with Crippen molar-refractivity contribution < 1.29 is 14.3 Å². The summed E-state index contributed by atoms with van der Waals surface area (Å²) in [6.45, 7) is 11.8. The summed E-state index contributed by atoms with van der Waals surface area (Å²) in [7, 11) is 0. The maximum atomic E-state index is 10.8. The number of allylic oxidation sites excluding steroid dienone is 3. The smallest absolute Gasteiger partial charge is 0.216 e. The monoisotopic (exact) mass is 398 g/mol. The summed E-state index contributed by atoms with van der Waals surface area (Å²) in [6, 6.07) is 5.98. The molecule has 0 atom stereocenters. The molecule has 0 radical (unpaired) electrons. The van der Waals surface area contributed by atoms with Gasteiger partial charge >= 0.3 is 0 Å². The van der Waals surface area contributed by atoms with Crippen molar-refractivity contribution in [1.82, 2.24) is 5.32 Å². The van der Waals surface area contributed by atoms with Crippen LogP contribution < -0.4 is 10.1 Å². The van der Waals surface area contributed by atoms with Crippen LogP contribution in [0, 0.1) is 18.3 Å². The zero-order chi connectivity index (χ0) is 21.2. The fourth-order valence-corrected chi connectivity index (χ4v) is 3.06. The van der Waals surface area contributed by atoms with Crippen LogP contribution in [0.3, 0.4) is 0 Å². The van der Waals surface area contributed by atoms with Crippen LogP contribution in [-0.4, -0.2) is 38.0 Å². The van der Waals surface area contributed by atoms with Gasteiger partial charge in [-0.05, 0) is 79.9 Å². The van der Waals surface area contributed by atoms with Crippen LogP contribution in [0.2, 0.25) is 0 Å². The van der Waals surface area contributed by atoms with Gasteiger partial charge < -0.3 is 20.2 Å². The Kier molecular flexibility index (Phi) is 9.13. The molecular formula is C24H34N2O3. The van der Waals surface area contributed by atoms with E-state index in [4.69, 9.17) is 14.9 Å². The molecule has 0 unspecified atom stereocenters. The summed E-state index contributed by atoms with van der Waals surface area (Å²) in [5.41, 5.74) is 4.51. The first-order chi connectivity index (χ1) is 13.9. The summed E-state index contributed by atoms with van der Waals surface area (Å²) in [6.07, 6.45) is 6.58. The number of carbonyl (C=O) groups is 1. The first-order valence-electron chi connectivity index (χ1n) is 10.4. The van der Waals surface area contributed by atoms with Crippen LogP contribution >= 0.6 is 0 Å². The minimum Gasteiger partial charge on any atom is -0.491 e. The number of rotatable bonds is 13. The lowest BCUT2D eigenvalue weighted by Crippen LogP contribution is -2.22. The fraction of sp³-hybridized carbons (Fsp3) is 0.500. The number of hydrogen-bond acceptors (Lipinski definition) is 4. The van der Waals surface area contributed by atoms with Crippen LogP contribution in [0.4, 0.5) is 0 Å². The van der Waals surface area contributed by atoms with Crippen LogP contribution in [0.25, 0.3) is 5.57 Å². The van der Waals surface area contributed by atoms with E-state index in [9.17, 15) is 4.79 Å². The molecule has 1 aliphatic carbocycles. The lowest BCUT2D eigenvalue weighted by Gasteiger charge is -2.15. The molecule has 1 aromatic rings. The lowest BCUT2D eigenvalue weighted by molar-refractivity contribution is -0.119. The molecule has 1 saturated carbocycles. The molecule has 0 spiro atoms. The standard InChI is InChI=1S/C24H34N2O3/c1-17-6-10-22(29-15-14-28-13-5-12-26-20(4)27)16-24(17)18(2)23(19(3)25)11-9-21-7-8-21/h6,10-11,16,21,25H,2,5,7-9,12-15H2,1,3-4H3,(H,26,27)/b23-11+,25-19?. The van der Waals surface area contributed by atoms with Gasteiger partial charge in [-0.1, -0.05) is 18.7 Å². The molecule has 0 bridgehead atoms. The minimum absolute atomic E-state index is 0.0196. The molecule has 2 N–H and O–H groups in total. The molecule has 5 heteroatoms. The number of aryl methyl sites for hydroxylation is 1. The maximum Gasteiger partial charge on any atom is 0.216 e. The summed E-state index contributed by atoms with van der Waals surface area (Å²) < 4.78 is 11.4. The Morgan fingerprint density at radius 1 is 1.28 bits per heavy atom. The van der Waals surface area contributed by atoms with E-state index in [1.807, 2.05) is 25.1 Å². The summed E-state index contributed by atoms with van der Waals surface area (Å²) >= 11 is 0. The van der Waals surface area contributed by atoms with E-state index in [1.54, 1.807) is 0 Å². The van der Waals surface area contributed by atoms with Crippen LogP contribution in [-0.2, 0) is 9.53 Å². The topological polar surface area (TPSA) is 71.4 Å². The Hall–Kier alpha value is -2.40. The average Bonchev–Trinajstić information content (AvgIpc) is 3.49. The van der Waals surface area contributed by atoms with Crippen molar-refractivity contribution in [2.24, 2.45) is 5.92 Å². The number of nitrogens with one attached hydrogen (secondary N) is 2. The number of carbonyl (C=O) groups excluding carboxylic acids is 1. The highest BCUT2D eigenvalue weighted by Crippen LogP contribution is 2.35. The maximum absolute atomic E-state index is 10.8. The summed E-state index contributed by atoms with van der Waals surface area (Å²) in [5.74, 6) is 1.54. The normalized spacial score (nSPS) is 13.8. The van der Waals surface area contributed by atoms with E-state index >= 15 is 0 Å². The molecule has 5 nitrogen and oxygen atoms in total. The molecule has 1 amide bonds. The molecule has 0 aromatic heterocycles. The first-order valence-corrected chi connectivity index (χ1v) is 10.4. The molecule has 1 aromatic carbocycles. The predicted octanol–water partition coefficient (Wildman–Crippen LogP) is 4.70. The SMILES string of the molecule is C=C(/C(=C\CC1CC1)C(C)=N)c1cc(OCCOCCCNC(C)=O)ccc1C. The zero-order valence-corrected chi connectivity index (χ0v) is 18.0. The van der Waals surface area contributed by atoms with Gasteiger partial charge in [0.2, 0.25) is 5.91 Å². The fourth-order valence-electron chi connectivity index (χ4n) is 3.06. The van der Waals surface area contributed by atoms with Crippen molar-refractivity contribution in [2.45, 2.75) is 46.5 Å². The van der Waals surface area contributed by atoms with Crippen molar-refractivity contribution >= 4 is 17.2 Å². The van der Waals surface area contributed by atoms with Crippen LogP contribution in [0.15, 0.2) is 36.4 Å². The number of hydrogen-bond donors (Lipinski definition) is 2. The Labute approximate surface area is 174 Å². The molecule has 0 heterocycles. The number of benzene rings is 1. The molecule has 1 fully saturated rings. The largest absolute Gasteiger partial charge is 0.491 e. The molecule has 2 rings (SSSR count). The number of amides is 1. The van der Waals surface area contributed by atoms with Gasteiger partial charge in [-0.3, -0.25) is 4.79 Å². The Morgan fingerprint density at radius 3 is 2.69 bits per heavy atom. The van der Waals surface area contributed by atoms with Gasteiger partial charge in [0.15, 0.2) is 0 Å². The molecule has 29 heavy (non-hydrogen) atoms.